The van der Waals surface area contributed by atoms with Crippen LogP contribution in [0.15, 0.2) is 11.4 Å². The SMILES string of the molecule is Nc1ccsc1C(=O)OCC1CCOC1. The van der Waals surface area contributed by atoms with Crippen LogP contribution in [-0.4, -0.2) is 25.8 Å². The summed E-state index contributed by atoms with van der Waals surface area (Å²) in [6.45, 7) is 1.88. The Bertz CT molecular complexity index is 344. The maximum absolute atomic E-state index is 11.6. The molecule has 1 aliphatic rings. The second-order valence-electron chi connectivity index (χ2n) is 3.53. The highest BCUT2D eigenvalue weighted by molar-refractivity contribution is 7.12. The van der Waals surface area contributed by atoms with Gasteiger partial charge in [-0.15, -0.1) is 11.3 Å². The van der Waals surface area contributed by atoms with Gasteiger partial charge in [0, 0.05) is 12.5 Å². The topological polar surface area (TPSA) is 61.6 Å². The Hall–Kier alpha value is -1.07. The zero-order chi connectivity index (χ0) is 10.7. The van der Waals surface area contributed by atoms with Crippen LogP contribution in [0.25, 0.3) is 0 Å². The third-order valence-electron chi connectivity index (χ3n) is 2.36. The Balaban J connectivity index is 1.84. The molecule has 1 saturated heterocycles. The number of esters is 1. The number of nitrogens with two attached hydrogens (primary N) is 1. The van der Waals surface area contributed by atoms with Crippen LogP contribution in [-0.2, 0) is 9.47 Å². The lowest BCUT2D eigenvalue weighted by atomic mass is 10.1. The van der Waals surface area contributed by atoms with E-state index in [1.165, 1.54) is 11.3 Å². The van der Waals surface area contributed by atoms with Crippen LogP contribution in [0, 0.1) is 5.92 Å². The van der Waals surface area contributed by atoms with E-state index in [2.05, 4.69) is 0 Å². The summed E-state index contributed by atoms with van der Waals surface area (Å²) in [7, 11) is 0. The Morgan fingerprint density at radius 2 is 2.60 bits per heavy atom. The average molecular weight is 227 g/mol. The number of thiophene rings is 1. The number of hydrogen-bond acceptors (Lipinski definition) is 5. The van der Waals surface area contributed by atoms with E-state index >= 15 is 0 Å². The lowest BCUT2D eigenvalue weighted by Crippen LogP contribution is -2.14. The molecule has 82 valence electrons. The molecular weight excluding hydrogens is 214 g/mol. The first kappa shape index (κ1) is 10.4. The molecule has 1 aliphatic heterocycles. The fourth-order valence-electron chi connectivity index (χ4n) is 1.46. The summed E-state index contributed by atoms with van der Waals surface area (Å²) in [5, 5.41) is 1.78. The van der Waals surface area contributed by atoms with E-state index in [-0.39, 0.29) is 5.97 Å². The van der Waals surface area contributed by atoms with Crippen molar-refractivity contribution in [2.45, 2.75) is 6.42 Å². The largest absolute Gasteiger partial charge is 0.461 e. The van der Waals surface area contributed by atoms with Gasteiger partial charge in [-0.1, -0.05) is 0 Å². The molecule has 1 atom stereocenters. The van der Waals surface area contributed by atoms with Crippen molar-refractivity contribution in [2.24, 2.45) is 5.92 Å². The second kappa shape index (κ2) is 4.63. The molecule has 0 aliphatic carbocycles. The standard InChI is InChI=1S/C10H13NO3S/c11-8-2-4-15-9(8)10(12)14-6-7-1-3-13-5-7/h2,4,7H,1,3,5-6,11H2. The van der Waals surface area contributed by atoms with Crippen molar-refractivity contribution < 1.29 is 14.3 Å². The summed E-state index contributed by atoms with van der Waals surface area (Å²) in [6.07, 6.45) is 0.965. The van der Waals surface area contributed by atoms with Crippen LogP contribution in [0.3, 0.4) is 0 Å². The molecule has 1 fully saturated rings. The molecule has 15 heavy (non-hydrogen) atoms. The van der Waals surface area contributed by atoms with E-state index in [0.717, 1.165) is 13.0 Å². The highest BCUT2D eigenvalue weighted by Crippen LogP contribution is 2.20. The number of carbonyl (C=O) groups is 1. The van der Waals surface area contributed by atoms with Gasteiger partial charge in [0.2, 0.25) is 0 Å². The van der Waals surface area contributed by atoms with Gasteiger partial charge in [-0.3, -0.25) is 0 Å². The van der Waals surface area contributed by atoms with Crippen molar-refractivity contribution in [3.63, 3.8) is 0 Å². The minimum absolute atomic E-state index is 0.325. The summed E-state index contributed by atoms with van der Waals surface area (Å²) in [5.74, 6) is 0.0181. The smallest absolute Gasteiger partial charge is 0.350 e. The molecule has 1 aromatic heterocycles. The molecular formula is C10H13NO3S. The first-order chi connectivity index (χ1) is 7.27. The van der Waals surface area contributed by atoms with E-state index in [1.807, 2.05) is 0 Å². The lowest BCUT2D eigenvalue weighted by molar-refractivity contribution is 0.0435. The van der Waals surface area contributed by atoms with Crippen molar-refractivity contribution in [1.82, 2.24) is 0 Å². The first-order valence-electron chi connectivity index (χ1n) is 4.85. The van der Waals surface area contributed by atoms with E-state index in [4.69, 9.17) is 15.2 Å². The number of nitrogen functional groups attached to an aromatic ring is 1. The van der Waals surface area contributed by atoms with Crippen molar-refractivity contribution >= 4 is 23.0 Å². The number of ether oxygens (including phenoxy) is 2. The molecule has 4 nitrogen and oxygen atoms in total. The predicted octanol–water partition coefficient (Wildman–Crippen LogP) is 1.52. The normalized spacial score (nSPS) is 20.4. The molecule has 5 heteroatoms. The summed E-state index contributed by atoms with van der Waals surface area (Å²) in [6, 6.07) is 1.71. The molecule has 0 aromatic carbocycles. The number of rotatable bonds is 3. The fourth-order valence-corrected chi connectivity index (χ4v) is 2.17. The van der Waals surface area contributed by atoms with Gasteiger partial charge in [0.05, 0.1) is 18.9 Å². The zero-order valence-electron chi connectivity index (χ0n) is 8.27. The van der Waals surface area contributed by atoms with Crippen LogP contribution in [0.4, 0.5) is 5.69 Å². The van der Waals surface area contributed by atoms with Gasteiger partial charge in [-0.25, -0.2) is 4.79 Å². The minimum Gasteiger partial charge on any atom is -0.461 e. The minimum atomic E-state index is -0.325. The quantitative estimate of drug-likeness (QED) is 0.795. The van der Waals surface area contributed by atoms with Gasteiger partial charge in [0.15, 0.2) is 0 Å². The first-order valence-corrected chi connectivity index (χ1v) is 5.73. The zero-order valence-corrected chi connectivity index (χ0v) is 9.09. The second-order valence-corrected chi connectivity index (χ2v) is 4.45. The third kappa shape index (κ3) is 2.49. The Morgan fingerprint density at radius 1 is 1.73 bits per heavy atom. The van der Waals surface area contributed by atoms with Crippen molar-refractivity contribution in [3.8, 4) is 0 Å². The molecule has 2 N–H and O–H groups in total. The molecule has 0 bridgehead atoms. The lowest BCUT2D eigenvalue weighted by Gasteiger charge is -2.08. The highest BCUT2D eigenvalue weighted by atomic mass is 32.1. The maximum atomic E-state index is 11.6. The molecule has 2 rings (SSSR count). The fraction of sp³-hybridized carbons (Fsp3) is 0.500. The Morgan fingerprint density at radius 3 is 3.20 bits per heavy atom. The van der Waals surface area contributed by atoms with Gasteiger partial charge < -0.3 is 15.2 Å². The molecule has 1 unspecified atom stereocenters. The third-order valence-corrected chi connectivity index (χ3v) is 3.27. The van der Waals surface area contributed by atoms with Crippen molar-refractivity contribution in [2.75, 3.05) is 25.6 Å². The van der Waals surface area contributed by atoms with Crippen molar-refractivity contribution in [1.29, 1.82) is 0 Å². The van der Waals surface area contributed by atoms with E-state index in [0.29, 0.717) is 29.7 Å². The van der Waals surface area contributed by atoms with E-state index in [1.54, 1.807) is 11.4 Å². The van der Waals surface area contributed by atoms with Gasteiger partial charge in [-0.2, -0.15) is 0 Å². The van der Waals surface area contributed by atoms with Crippen LogP contribution >= 0.6 is 11.3 Å². The molecule has 0 amide bonds. The van der Waals surface area contributed by atoms with Gasteiger partial charge in [0.1, 0.15) is 4.88 Å². The molecule has 2 heterocycles. The van der Waals surface area contributed by atoms with Crippen LogP contribution in [0.5, 0.6) is 0 Å². The van der Waals surface area contributed by atoms with Gasteiger partial charge >= 0.3 is 5.97 Å². The van der Waals surface area contributed by atoms with Gasteiger partial charge in [-0.05, 0) is 17.9 Å². The number of hydrogen-bond donors (Lipinski definition) is 1. The van der Waals surface area contributed by atoms with Crippen LogP contribution < -0.4 is 5.73 Å². The molecule has 0 radical (unpaired) electrons. The molecule has 0 spiro atoms. The van der Waals surface area contributed by atoms with E-state index in [9.17, 15) is 4.79 Å². The predicted molar refractivity (Wildman–Crippen MR) is 57.9 cm³/mol. The monoisotopic (exact) mass is 227 g/mol. The van der Waals surface area contributed by atoms with Crippen LogP contribution in [0.1, 0.15) is 16.1 Å². The Kier molecular flexibility index (Phi) is 3.23. The van der Waals surface area contributed by atoms with E-state index < -0.39 is 0 Å². The van der Waals surface area contributed by atoms with Crippen LogP contribution in [0.2, 0.25) is 0 Å². The highest BCUT2D eigenvalue weighted by Gasteiger charge is 2.19. The number of carbonyl (C=O) groups excluding carboxylic acids is 1. The average Bonchev–Trinajstić information content (AvgIpc) is 2.84. The van der Waals surface area contributed by atoms with Gasteiger partial charge in [0.25, 0.3) is 0 Å². The summed E-state index contributed by atoms with van der Waals surface area (Å²) >= 11 is 1.31. The Labute approximate surface area is 92.0 Å². The maximum Gasteiger partial charge on any atom is 0.350 e. The summed E-state index contributed by atoms with van der Waals surface area (Å²) < 4.78 is 10.4. The molecule has 0 saturated carbocycles. The van der Waals surface area contributed by atoms with Crippen molar-refractivity contribution in [3.05, 3.63) is 16.3 Å². The summed E-state index contributed by atoms with van der Waals surface area (Å²) in [5.41, 5.74) is 6.10. The molecule has 1 aromatic rings. The summed E-state index contributed by atoms with van der Waals surface area (Å²) in [4.78, 5) is 12.0. The number of anilines is 1.